The summed E-state index contributed by atoms with van der Waals surface area (Å²) in [5.41, 5.74) is 6.87. The van der Waals surface area contributed by atoms with Gasteiger partial charge in [0.25, 0.3) is 11.1 Å². The summed E-state index contributed by atoms with van der Waals surface area (Å²) in [6.07, 6.45) is 19.9. The number of thiocyanates is 1. The van der Waals surface area contributed by atoms with E-state index in [4.69, 9.17) is 20.4 Å². The van der Waals surface area contributed by atoms with Gasteiger partial charge in [-0.25, -0.2) is 15.0 Å². The van der Waals surface area contributed by atoms with Crippen LogP contribution in [0, 0.1) is 10.7 Å². The highest BCUT2D eigenvalue weighted by molar-refractivity contribution is 7.99. The van der Waals surface area contributed by atoms with Crippen molar-refractivity contribution >= 4 is 60.7 Å². The van der Waals surface area contributed by atoms with Crippen LogP contribution in [0.3, 0.4) is 0 Å². The lowest BCUT2D eigenvalue weighted by molar-refractivity contribution is 0.260. The first-order valence-corrected chi connectivity index (χ1v) is 26.6. The summed E-state index contributed by atoms with van der Waals surface area (Å²) < 4.78 is 9.77. The molecule has 0 bridgehead atoms. The standard InChI is InChI=1S/C21H35N3O2SSi.C17H24N4O2.C6H13N.CHNS.CH4.H2O/c1-8-9-14-27-20-22-15-17-10-11-18(25)24(19(17)23-20)16(2)12-13-26-28(6,7)21(3,4)5;1-12(9-10-22)21-15(23)8-7-13-11-18-17(20-16(13)21)19-14-5-3-2-4-6-14;7-6-4-2-1-3-5-6;2-1-3;;/h10-11,15-16H,8-9,12-14H2,1-7H3;7-8,11-12,14,22H,2-6,9-10H2,1H3,(H,18,19,20);6H,1-5,7H2;3H;1H4;1H2. The molecule has 0 radical (unpaired) electrons. The lowest BCUT2D eigenvalue weighted by Crippen LogP contribution is -2.41. The van der Waals surface area contributed by atoms with Crippen molar-refractivity contribution in [2.24, 2.45) is 5.73 Å². The fraction of sp³-hybridized carbons (Fsp3) is 0.674. The van der Waals surface area contributed by atoms with Gasteiger partial charge in [0.15, 0.2) is 13.5 Å². The summed E-state index contributed by atoms with van der Waals surface area (Å²) in [6, 6.07) is 7.58. The smallest absolute Gasteiger partial charge is 0.252 e. The van der Waals surface area contributed by atoms with Gasteiger partial charge in [-0.1, -0.05) is 104 Å². The first-order valence-electron chi connectivity index (χ1n) is 22.3. The van der Waals surface area contributed by atoms with E-state index in [-0.39, 0.29) is 47.8 Å². The molecule has 4 heterocycles. The van der Waals surface area contributed by atoms with Gasteiger partial charge in [-0.15, -0.1) is 0 Å². The number of aliphatic hydroxyl groups excluding tert-OH is 1. The van der Waals surface area contributed by atoms with Gasteiger partial charge < -0.3 is 26.1 Å². The van der Waals surface area contributed by atoms with Crippen molar-refractivity contribution in [3.8, 4) is 5.40 Å². The molecule has 2 saturated carbocycles. The van der Waals surface area contributed by atoms with Gasteiger partial charge in [0.2, 0.25) is 5.95 Å². The van der Waals surface area contributed by atoms with E-state index in [1.54, 1.807) is 39.2 Å². The van der Waals surface area contributed by atoms with Crippen LogP contribution in [-0.2, 0) is 4.43 Å². The Hall–Kier alpha value is -3.37. The lowest BCUT2D eigenvalue weighted by Gasteiger charge is -2.36. The van der Waals surface area contributed by atoms with Crippen molar-refractivity contribution in [2.45, 2.75) is 186 Å². The van der Waals surface area contributed by atoms with Gasteiger partial charge in [0.1, 0.15) is 16.7 Å². The molecule has 0 aliphatic heterocycles. The van der Waals surface area contributed by atoms with Crippen LogP contribution in [0.2, 0.25) is 18.1 Å². The predicted octanol–water partition coefficient (Wildman–Crippen LogP) is 9.62. The molecule has 0 spiro atoms. The van der Waals surface area contributed by atoms with Crippen molar-refractivity contribution < 1.29 is 15.0 Å². The number of thiol groups is 1. The molecule has 6 N–H and O–H groups in total. The maximum Gasteiger partial charge on any atom is 0.252 e. The van der Waals surface area contributed by atoms with Gasteiger partial charge >= 0.3 is 0 Å². The van der Waals surface area contributed by atoms with E-state index in [0.717, 1.165) is 59.4 Å². The molecule has 354 valence electrons. The van der Waals surface area contributed by atoms with E-state index in [1.165, 1.54) is 62.8 Å². The van der Waals surface area contributed by atoms with Crippen molar-refractivity contribution in [3.05, 3.63) is 57.4 Å². The number of nitrogens with zero attached hydrogens (tertiary/aromatic N) is 7. The summed E-state index contributed by atoms with van der Waals surface area (Å²) in [6.45, 7) is 18.1. The molecular weight excluding hydrogens is 851 g/mol. The van der Waals surface area contributed by atoms with E-state index >= 15 is 0 Å². The summed E-state index contributed by atoms with van der Waals surface area (Å²) in [7, 11) is -1.78. The number of nitrogens with one attached hydrogen (secondary N) is 1. The Morgan fingerprint density at radius 2 is 1.43 bits per heavy atom. The number of hydrogen-bond donors (Lipinski definition) is 4. The average Bonchev–Trinajstić information content (AvgIpc) is 3.22. The SMILES string of the molecule is C.CC(CCO)n1c(=O)ccc2cnc(NC3CCCCC3)nc21.CCCCSc1ncc2ccc(=O)n(C(C)CCO[Si](C)(C)C(C)(C)C)c2n1.N#CS.NC1CCCCC1.O. The number of thioether (sulfide) groups is 1. The molecule has 2 atom stereocenters. The van der Waals surface area contributed by atoms with Crippen LogP contribution < -0.4 is 22.2 Å². The van der Waals surface area contributed by atoms with Crippen LogP contribution in [-0.4, -0.2) is 79.0 Å². The van der Waals surface area contributed by atoms with Gasteiger partial charge in [0, 0.05) is 78.4 Å². The zero-order valence-corrected chi connectivity index (χ0v) is 41.2. The number of hydrogen-bond acceptors (Lipinski definition) is 13. The second kappa shape index (κ2) is 29.2. The molecule has 2 fully saturated rings. The van der Waals surface area contributed by atoms with E-state index in [9.17, 15) is 14.7 Å². The van der Waals surface area contributed by atoms with E-state index in [0.29, 0.717) is 36.7 Å². The average molecular weight is 930 g/mol. The number of fused-ring (bicyclic) bond motifs is 2. The topological polar surface area (TPSA) is 218 Å². The number of nitrogens with two attached hydrogens (primary N) is 1. The van der Waals surface area contributed by atoms with Crippen molar-refractivity contribution in [1.29, 1.82) is 5.26 Å². The number of rotatable bonds is 14. The number of unbranched alkanes of at least 4 members (excludes halogenated alkanes) is 1. The van der Waals surface area contributed by atoms with Gasteiger partial charge in [0.05, 0.1) is 0 Å². The molecule has 14 nitrogen and oxygen atoms in total. The Morgan fingerprint density at radius 3 is 1.92 bits per heavy atom. The Balaban J connectivity index is 0.000000508. The van der Waals surface area contributed by atoms with Crippen molar-refractivity contribution in [2.75, 3.05) is 24.3 Å². The molecule has 2 aliphatic carbocycles. The molecule has 0 aromatic carbocycles. The van der Waals surface area contributed by atoms with Crippen LogP contribution in [0.4, 0.5) is 5.95 Å². The maximum absolute atomic E-state index is 12.6. The minimum absolute atomic E-state index is 0. The normalized spacial score (nSPS) is 15.4. The number of anilines is 1. The second-order valence-electron chi connectivity index (χ2n) is 17.8. The Morgan fingerprint density at radius 1 is 0.921 bits per heavy atom. The maximum atomic E-state index is 12.6. The predicted molar refractivity (Wildman–Crippen MR) is 269 cm³/mol. The first kappa shape index (κ1) is 57.6. The molecule has 4 aromatic heterocycles. The van der Waals surface area contributed by atoms with Crippen LogP contribution in [0.1, 0.15) is 151 Å². The molecule has 63 heavy (non-hydrogen) atoms. The number of aliphatic hydroxyl groups is 1. The molecule has 2 unspecified atom stereocenters. The Bertz CT molecular complexity index is 2080. The summed E-state index contributed by atoms with van der Waals surface area (Å²) in [4.78, 5) is 43.0. The molecule has 4 aromatic rings. The summed E-state index contributed by atoms with van der Waals surface area (Å²) >= 11 is 4.75. The van der Waals surface area contributed by atoms with Crippen LogP contribution in [0.25, 0.3) is 22.1 Å². The third kappa shape index (κ3) is 18.6. The highest BCUT2D eigenvalue weighted by Crippen LogP contribution is 2.37. The molecule has 17 heteroatoms. The zero-order chi connectivity index (χ0) is 45.0. The number of aromatic nitrogens is 6. The molecule has 0 saturated heterocycles. The van der Waals surface area contributed by atoms with Crippen LogP contribution in [0.5, 0.6) is 0 Å². The fourth-order valence-corrected chi connectivity index (χ4v) is 9.02. The third-order valence-corrected chi connectivity index (χ3v) is 17.3. The monoisotopic (exact) mass is 930 g/mol. The van der Waals surface area contributed by atoms with E-state index in [1.807, 2.05) is 19.2 Å². The largest absolute Gasteiger partial charge is 0.417 e. The van der Waals surface area contributed by atoms with E-state index < -0.39 is 8.32 Å². The van der Waals surface area contributed by atoms with Crippen molar-refractivity contribution in [3.63, 3.8) is 0 Å². The van der Waals surface area contributed by atoms with Crippen LogP contribution >= 0.6 is 24.4 Å². The van der Waals surface area contributed by atoms with Crippen LogP contribution in [0.15, 0.2) is 51.4 Å². The fourth-order valence-electron chi connectivity index (χ4n) is 7.07. The van der Waals surface area contributed by atoms with Crippen molar-refractivity contribution in [1.82, 2.24) is 29.1 Å². The van der Waals surface area contributed by atoms with Gasteiger partial charge in [-0.2, -0.15) is 10.2 Å². The molecule has 2 aliphatic rings. The van der Waals surface area contributed by atoms with Gasteiger partial charge in [-0.3, -0.25) is 18.7 Å². The highest BCUT2D eigenvalue weighted by Gasteiger charge is 2.37. The molecule has 0 amide bonds. The second-order valence-corrected chi connectivity index (χ2v) is 23.8. The third-order valence-electron chi connectivity index (χ3n) is 11.9. The minimum atomic E-state index is -1.78. The highest BCUT2D eigenvalue weighted by atomic mass is 32.2. The lowest BCUT2D eigenvalue weighted by atomic mass is 9.96. The Kier molecular flexibility index (Phi) is 26.7. The summed E-state index contributed by atoms with van der Waals surface area (Å²) in [5.74, 6) is 1.58. The van der Waals surface area contributed by atoms with E-state index in [2.05, 4.69) is 80.6 Å². The molecule has 6 rings (SSSR count). The minimum Gasteiger partial charge on any atom is -0.417 e. The van der Waals surface area contributed by atoms with Gasteiger partial charge in [-0.05, 0) is 89.1 Å². The number of pyridine rings is 2. The molecular formula is C46H79N9O5S2Si. The first-order chi connectivity index (χ1) is 29.1. The summed E-state index contributed by atoms with van der Waals surface area (Å²) in [5, 5.41) is 23.9. The Labute approximate surface area is 387 Å². The number of nitriles is 1. The quantitative estimate of drug-likeness (QED) is 0.0232. The zero-order valence-electron chi connectivity index (χ0n) is 38.5.